The summed E-state index contributed by atoms with van der Waals surface area (Å²) in [7, 11) is 3.20. The van der Waals surface area contributed by atoms with Crippen LogP contribution in [0.5, 0.6) is 11.5 Å². The van der Waals surface area contributed by atoms with Gasteiger partial charge in [-0.25, -0.2) is 0 Å². The van der Waals surface area contributed by atoms with Gasteiger partial charge >= 0.3 is 0 Å². The molecule has 24 heavy (non-hydrogen) atoms. The van der Waals surface area contributed by atoms with E-state index in [-0.39, 0.29) is 5.43 Å². The smallest absolute Gasteiger partial charge is 0.198 e. The Balaban J connectivity index is 2.13. The molecule has 2 heterocycles. The normalized spacial score (nSPS) is 18.8. The van der Waals surface area contributed by atoms with Gasteiger partial charge in [0.25, 0.3) is 0 Å². The molecule has 5 heteroatoms. The first-order valence-electron chi connectivity index (χ1n) is 8.57. The highest BCUT2D eigenvalue weighted by molar-refractivity contribution is 5.90. The number of nitrogens with one attached hydrogen (secondary N) is 1. The lowest BCUT2D eigenvalue weighted by molar-refractivity contribution is 0.152. The van der Waals surface area contributed by atoms with Crippen molar-refractivity contribution >= 4 is 10.9 Å². The number of H-pyrrole nitrogens is 1. The standard InChI is InChI=1S/C19H26N2O3/c1-12-7-5-6-10-21(12)11-14-13(2)20-18-16(24-4)9-8-15(23-3)17(18)19(14)22/h8-9,12H,5-7,10-11H2,1-4H3,(H,20,22)/t12-/m0/s1. The van der Waals surface area contributed by atoms with E-state index in [1.165, 1.54) is 19.3 Å². The van der Waals surface area contributed by atoms with Crippen LogP contribution in [0.3, 0.4) is 0 Å². The highest BCUT2D eigenvalue weighted by atomic mass is 16.5. The van der Waals surface area contributed by atoms with Gasteiger partial charge in [0.1, 0.15) is 11.5 Å². The van der Waals surface area contributed by atoms with E-state index in [0.717, 1.165) is 17.8 Å². The summed E-state index contributed by atoms with van der Waals surface area (Å²) in [4.78, 5) is 19.0. The van der Waals surface area contributed by atoms with E-state index in [1.54, 1.807) is 20.3 Å². The van der Waals surface area contributed by atoms with Gasteiger partial charge in [-0.3, -0.25) is 9.69 Å². The number of aromatic amines is 1. The molecule has 0 amide bonds. The zero-order valence-electron chi connectivity index (χ0n) is 14.9. The van der Waals surface area contributed by atoms with Gasteiger partial charge in [-0.2, -0.15) is 0 Å². The van der Waals surface area contributed by atoms with Crippen molar-refractivity contribution < 1.29 is 9.47 Å². The van der Waals surface area contributed by atoms with Crippen LogP contribution < -0.4 is 14.9 Å². The highest BCUT2D eigenvalue weighted by Crippen LogP contribution is 2.30. The Hall–Kier alpha value is -2.01. The molecule has 3 rings (SSSR count). The van der Waals surface area contributed by atoms with Crippen molar-refractivity contribution in [1.29, 1.82) is 0 Å². The van der Waals surface area contributed by atoms with Gasteiger partial charge in [0, 0.05) is 23.8 Å². The molecule has 1 N–H and O–H groups in total. The van der Waals surface area contributed by atoms with Crippen molar-refractivity contribution in [3.05, 3.63) is 33.6 Å². The quantitative estimate of drug-likeness (QED) is 0.935. The predicted molar refractivity (Wildman–Crippen MR) is 96.1 cm³/mol. The molecule has 130 valence electrons. The topological polar surface area (TPSA) is 54.6 Å². The SMILES string of the molecule is COc1ccc(OC)c2c(=O)c(CN3CCCC[C@@H]3C)c(C)[nH]c12. The molecule has 1 saturated heterocycles. The van der Waals surface area contributed by atoms with Gasteiger partial charge in [0.05, 0.1) is 25.1 Å². The number of nitrogens with zero attached hydrogens (tertiary/aromatic N) is 1. The van der Waals surface area contributed by atoms with Crippen LogP contribution in [0.15, 0.2) is 16.9 Å². The lowest BCUT2D eigenvalue weighted by Gasteiger charge is -2.33. The molecule has 5 nitrogen and oxygen atoms in total. The molecule has 0 bridgehead atoms. The Labute approximate surface area is 142 Å². The molecule has 0 unspecified atom stereocenters. The minimum absolute atomic E-state index is 0.0368. The Bertz CT molecular complexity index is 797. The van der Waals surface area contributed by atoms with E-state index in [9.17, 15) is 4.79 Å². The summed E-state index contributed by atoms with van der Waals surface area (Å²) >= 11 is 0. The summed E-state index contributed by atoms with van der Waals surface area (Å²) in [6, 6.07) is 4.13. The van der Waals surface area contributed by atoms with Gasteiger partial charge in [-0.15, -0.1) is 0 Å². The molecule has 1 aliphatic rings. The number of rotatable bonds is 4. The van der Waals surface area contributed by atoms with Crippen LogP contribution in [0.1, 0.15) is 37.4 Å². The largest absolute Gasteiger partial charge is 0.496 e. The number of fused-ring (bicyclic) bond motifs is 1. The number of aromatic nitrogens is 1. The van der Waals surface area contributed by atoms with Gasteiger partial charge in [-0.1, -0.05) is 6.42 Å². The summed E-state index contributed by atoms with van der Waals surface area (Å²) < 4.78 is 10.8. The maximum absolute atomic E-state index is 13.2. The van der Waals surface area contributed by atoms with Gasteiger partial charge in [-0.05, 0) is 45.4 Å². The van der Waals surface area contributed by atoms with Crippen LogP contribution in [0, 0.1) is 6.92 Å². The monoisotopic (exact) mass is 330 g/mol. The molecule has 1 atom stereocenters. The van der Waals surface area contributed by atoms with Crippen LogP contribution in [0.2, 0.25) is 0 Å². The maximum Gasteiger partial charge on any atom is 0.198 e. The van der Waals surface area contributed by atoms with Gasteiger partial charge < -0.3 is 14.5 Å². The number of piperidine rings is 1. The van der Waals surface area contributed by atoms with Crippen molar-refractivity contribution in [1.82, 2.24) is 9.88 Å². The summed E-state index contributed by atoms with van der Waals surface area (Å²) in [5, 5.41) is 0.571. The van der Waals surface area contributed by atoms with E-state index >= 15 is 0 Å². The first-order valence-corrected chi connectivity index (χ1v) is 8.57. The molecule has 1 aromatic heterocycles. The number of aryl methyl sites for hydroxylation is 1. The second-order valence-electron chi connectivity index (χ2n) is 6.59. The zero-order chi connectivity index (χ0) is 17.3. The number of likely N-dealkylation sites (tertiary alicyclic amines) is 1. The predicted octanol–water partition coefficient (Wildman–Crippen LogP) is 3.23. The fourth-order valence-electron chi connectivity index (χ4n) is 3.62. The summed E-state index contributed by atoms with van der Waals surface area (Å²) in [6.07, 6.45) is 3.67. The number of hydrogen-bond acceptors (Lipinski definition) is 4. The minimum Gasteiger partial charge on any atom is -0.496 e. The summed E-state index contributed by atoms with van der Waals surface area (Å²) in [5.41, 5.74) is 2.46. The molecule has 1 aliphatic heterocycles. The third-order valence-electron chi connectivity index (χ3n) is 5.14. The molecule has 0 aliphatic carbocycles. The molecule has 1 aromatic carbocycles. The fraction of sp³-hybridized carbons (Fsp3) is 0.526. The lowest BCUT2D eigenvalue weighted by atomic mass is 10.0. The van der Waals surface area contributed by atoms with E-state index in [1.807, 2.05) is 13.0 Å². The Morgan fingerprint density at radius 3 is 2.58 bits per heavy atom. The minimum atomic E-state index is 0.0368. The van der Waals surface area contributed by atoms with Gasteiger partial charge in [0.2, 0.25) is 0 Å². The summed E-state index contributed by atoms with van der Waals surface area (Å²) in [5.74, 6) is 1.24. The number of methoxy groups -OCH3 is 2. The number of hydrogen-bond donors (Lipinski definition) is 1. The van der Waals surface area contributed by atoms with Crippen molar-refractivity contribution in [2.45, 2.75) is 45.7 Å². The maximum atomic E-state index is 13.2. The fourth-order valence-corrected chi connectivity index (χ4v) is 3.62. The second-order valence-corrected chi connectivity index (χ2v) is 6.59. The Morgan fingerprint density at radius 1 is 1.21 bits per heavy atom. The van der Waals surface area contributed by atoms with Crippen LogP contribution in [0.25, 0.3) is 10.9 Å². The van der Waals surface area contributed by atoms with E-state index in [4.69, 9.17) is 9.47 Å². The van der Waals surface area contributed by atoms with E-state index in [2.05, 4.69) is 16.8 Å². The number of pyridine rings is 1. The second kappa shape index (κ2) is 6.85. The third-order valence-corrected chi connectivity index (χ3v) is 5.14. The van der Waals surface area contributed by atoms with Crippen molar-refractivity contribution in [3.8, 4) is 11.5 Å². The molecule has 1 fully saturated rings. The lowest BCUT2D eigenvalue weighted by Crippen LogP contribution is -2.38. The molecule has 0 radical (unpaired) electrons. The third kappa shape index (κ3) is 2.88. The van der Waals surface area contributed by atoms with Crippen molar-refractivity contribution in [3.63, 3.8) is 0 Å². The number of ether oxygens (including phenoxy) is 2. The number of benzene rings is 1. The Morgan fingerprint density at radius 2 is 1.92 bits per heavy atom. The van der Waals surface area contributed by atoms with Crippen molar-refractivity contribution in [2.75, 3.05) is 20.8 Å². The molecule has 0 spiro atoms. The van der Waals surface area contributed by atoms with Gasteiger partial charge in [0.15, 0.2) is 5.43 Å². The van der Waals surface area contributed by atoms with E-state index in [0.29, 0.717) is 35.0 Å². The van der Waals surface area contributed by atoms with E-state index < -0.39 is 0 Å². The zero-order valence-corrected chi connectivity index (χ0v) is 14.9. The highest BCUT2D eigenvalue weighted by Gasteiger charge is 2.22. The molecular formula is C19H26N2O3. The van der Waals surface area contributed by atoms with Crippen LogP contribution in [0.4, 0.5) is 0 Å². The van der Waals surface area contributed by atoms with Crippen LogP contribution in [-0.4, -0.2) is 36.7 Å². The molecule has 2 aromatic rings. The Kier molecular flexibility index (Phi) is 4.81. The average molecular weight is 330 g/mol. The van der Waals surface area contributed by atoms with Crippen LogP contribution >= 0.6 is 0 Å². The van der Waals surface area contributed by atoms with Crippen molar-refractivity contribution in [2.24, 2.45) is 0 Å². The first kappa shape index (κ1) is 16.8. The average Bonchev–Trinajstić information content (AvgIpc) is 2.59. The molecule has 0 saturated carbocycles. The first-order chi connectivity index (χ1) is 11.6. The summed E-state index contributed by atoms with van der Waals surface area (Å²) in [6.45, 7) is 5.93. The van der Waals surface area contributed by atoms with Crippen LogP contribution in [-0.2, 0) is 6.54 Å². The molecular weight excluding hydrogens is 304 g/mol.